The molecule has 1 aliphatic rings. The van der Waals surface area contributed by atoms with Gasteiger partial charge < -0.3 is 4.74 Å². The topological polar surface area (TPSA) is 46.6 Å². The summed E-state index contributed by atoms with van der Waals surface area (Å²) in [6, 6.07) is 14.4. The van der Waals surface area contributed by atoms with Crippen molar-refractivity contribution in [1.82, 2.24) is 4.90 Å². The fraction of sp³-hybridized carbons (Fsp3) is 0.0833. The van der Waals surface area contributed by atoms with Gasteiger partial charge in [0.1, 0.15) is 18.2 Å². The molecule has 0 unspecified atom stereocenters. The van der Waals surface area contributed by atoms with Gasteiger partial charge in [-0.15, -0.1) is 0 Å². The molecule has 1 saturated heterocycles. The molecule has 2 amide bonds. The first kappa shape index (κ1) is 25.1. The summed E-state index contributed by atoms with van der Waals surface area (Å²) in [6.07, 6.45) is 1.57. The number of hydrogen-bond donors (Lipinski definition) is 0. The zero-order valence-electron chi connectivity index (χ0n) is 17.2. The van der Waals surface area contributed by atoms with Crippen molar-refractivity contribution >= 4 is 79.7 Å². The van der Waals surface area contributed by atoms with Crippen molar-refractivity contribution in [3.05, 3.63) is 102 Å². The van der Waals surface area contributed by atoms with Gasteiger partial charge in [-0.3, -0.25) is 14.5 Å². The van der Waals surface area contributed by atoms with E-state index in [1.807, 2.05) is 0 Å². The molecule has 1 aliphatic heterocycles. The van der Waals surface area contributed by atoms with Gasteiger partial charge in [0.15, 0.2) is 0 Å². The van der Waals surface area contributed by atoms with Crippen LogP contribution in [-0.4, -0.2) is 16.0 Å². The molecule has 0 aliphatic carbocycles. The van der Waals surface area contributed by atoms with Crippen molar-refractivity contribution in [3.8, 4) is 5.75 Å². The van der Waals surface area contributed by atoms with Gasteiger partial charge >= 0.3 is 0 Å². The van der Waals surface area contributed by atoms with Crippen LogP contribution in [0.4, 0.5) is 9.18 Å². The smallest absolute Gasteiger partial charge is 0.293 e. The van der Waals surface area contributed by atoms with Gasteiger partial charge in [-0.1, -0.05) is 62.9 Å². The maximum Gasteiger partial charge on any atom is 0.293 e. The maximum atomic E-state index is 14.1. The van der Waals surface area contributed by atoms with Gasteiger partial charge in [0.05, 0.1) is 16.5 Å². The second-order valence-electron chi connectivity index (χ2n) is 7.17. The van der Waals surface area contributed by atoms with Crippen molar-refractivity contribution in [2.75, 3.05) is 0 Å². The maximum absolute atomic E-state index is 14.1. The Balaban J connectivity index is 1.58. The standard InChI is InChI=1S/C24H14BrCl3FNO3S/c25-15-5-7-21(33-12-17-18(27)2-1-3-20(17)29)14(8-15)9-22-23(31)30(24(32)34-22)11-13-4-6-16(26)10-19(13)28/h1-10H,11-12H2/b22-9-. The Morgan fingerprint density at radius 1 is 1.03 bits per heavy atom. The first-order valence-corrected chi connectivity index (χ1v) is 12.5. The largest absolute Gasteiger partial charge is 0.488 e. The van der Waals surface area contributed by atoms with E-state index in [2.05, 4.69) is 15.9 Å². The van der Waals surface area contributed by atoms with Crippen LogP contribution in [0.1, 0.15) is 16.7 Å². The summed E-state index contributed by atoms with van der Waals surface area (Å²) in [5.74, 6) is -0.535. The lowest BCUT2D eigenvalue weighted by molar-refractivity contribution is -0.123. The van der Waals surface area contributed by atoms with E-state index in [-0.39, 0.29) is 28.6 Å². The van der Waals surface area contributed by atoms with Gasteiger partial charge in [-0.05, 0) is 65.9 Å². The first-order valence-electron chi connectivity index (χ1n) is 9.77. The summed E-state index contributed by atoms with van der Waals surface area (Å²) >= 11 is 22.4. The van der Waals surface area contributed by atoms with Gasteiger partial charge in [0.25, 0.3) is 11.1 Å². The molecule has 3 aromatic rings. The van der Waals surface area contributed by atoms with Crippen LogP contribution in [0.2, 0.25) is 15.1 Å². The van der Waals surface area contributed by atoms with Crippen LogP contribution < -0.4 is 4.74 Å². The molecule has 0 saturated carbocycles. The Morgan fingerprint density at radius 2 is 1.82 bits per heavy atom. The highest BCUT2D eigenvalue weighted by molar-refractivity contribution is 9.10. The van der Waals surface area contributed by atoms with Gasteiger partial charge in [-0.25, -0.2) is 4.39 Å². The summed E-state index contributed by atoms with van der Waals surface area (Å²) < 4.78 is 20.7. The third kappa shape index (κ3) is 5.61. The molecule has 1 fully saturated rings. The minimum Gasteiger partial charge on any atom is -0.488 e. The second kappa shape index (κ2) is 10.7. The Hall–Kier alpha value is -2.03. The number of imide groups is 1. The molecule has 1 heterocycles. The molecular weight excluding hydrogens is 588 g/mol. The number of benzene rings is 3. The van der Waals surface area contributed by atoms with Gasteiger partial charge in [0.2, 0.25) is 0 Å². The third-order valence-electron chi connectivity index (χ3n) is 4.91. The van der Waals surface area contributed by atoms with Gasteiger partial charge in [0, 0.05) is 25.6 Å². The SMILES string of the molecule is O=C1S/C(=C\c2cc(Br)ccc2OCc2c(F)cccc2Cl)C(=O)N1Cc1ccc(Cl)cc1Cl. The molecule has 0 aromatic heterocycles. The van der Waals surface area contributed by atoms with Crippen LogP contribution in [0, 0.1) is 5.82 Å². The van der Waals surface area contributed by atoms with Crippen LogP contribution in [0.15, 0.2) is 64.0 Å². The Kier molecular flexibility index (Phi) is 7.90. The Bertz CT molecular complexity index is 1310. The summed E-state index contributed by atoms with van der Waals surface area (Å²) in [5, 5.41) is 0.658. The lowest BCUT2D eigenvalue weighted by Gasteiger charge is -2.14. The molecule has 0 radical (unpaired) electrons. The molecular formula is C24H14BrCl3FNO3S. The van der Waals surface area contributed by atoms with Crippen molar-refractivity contribution in [1.29, 1.82) is 0 Å². The van der Waals surface area contributed by atoms with E-state index in [0.717, 1.165) is 21.1 Å². The lowest BCUT2D eigenvalue weighted by Crippen LogP contribution is -2.27. The Labute approximate surface area is 222 Å². The lowest BCUT2D eigenvalue weighted by atomic mass is 10.1. The quantitative estimate of drug-likeness (QED) is 0.267. The molecule has 10 heteroatoms. The predicted molar refractivity (Wildman–Crippen MR) is 138 cm³/mol. The molecule has 0 N–H and O–H groups in total. The van der Waals surface area contributed by atoms with Gasteiger partial charge in [-0.2, -0.15) is 0 Å². The van der Waals surface area contributed by atoms with E-state index in [1.165, 1.54) is 12.1 Å². The molecule has 0 atom stereocenters. The van der Waals surface area contributed by atoms with Crippen molar-refractivity contribution in [2.45, 2.75) is 13.2 Å². The summed E-state index contributed by atoms with van der Waals surface area (Å²) in [6.45, 7) is -0.0871. The number of carbonyl (C=O) groups excluding carboxylic acids is 2. The molecule has 174 valence electrons. The first-order chi connectivity index (χ1) is 16.2. The fourth-order valence-electron chi connectivity index (χ4n) is 3.18. The number of amides is 2. The van der Waals surface area contributed by atoms with E-state index in [1.54, 1.807) is 48.5 Å². The fourth-order valence-corrected chi connectivity index (χ4v) is 5.08. The number of ether oxygens (including phenoxy) is 1. The molecule has 4 rings (SSSR count). The zero-order chi connectivity index (χ0) is 24.4. The number of hydrogen-bond acceptors (Lipinski definition) is 4. The predicted octanol–water partition coefficient (Wildman–Crippen LogP) is 8.36. The van der Waals surface area contributed by atoms with Crippen LogP contribution in [0.3, 0.4) is 0 Å². The normalized spacial score (nSPS) is 14.9. The van der Waals surface area contributed by atoms with E-state index in [0.29, 0.717) is 26.9 Å². The molecule has 0 spiro atoms. The second-order valence-corrected chi connectivity index (χ2v) is 10.3. The zero-order valence-corrected chi connectivity index (χ0v) is 21.8. The highest BCUT2D eigenvalue weighted by Crippen LogP contribution is 2.37. The number of thioether (sulfide) groups is 1. The Morgan fingerprint density at radius 3 is 2.56 bits per heavy atom. The van der Waals surface area contributed by atoms with E-state index in [9.17, 15) is 14.0 Å². The number of carbonyl (C=O) groups is 2. The van der Waals surface area contributed by atoms with Crippen molar-refractivity contribution in [3.63, 3.8) is 0 Å². The minimum absolute atomic E-state index is 0.0195. The average molecular weight is 602 g/mol. The van der Waals surface area contributed by atoms with Crippen LogP contribution in [0.5, 0.6) is 5.75 Å². The van der Waals surface area contributed by atoms with Crippen LogP contribution in [-0.2, 0) is 17.9 Å². The highest BCUT2D eigenvalue weighted by Gasteiger charge is 2.35. The summed E-state index contributed by atoms with van der Waals surface area (Å²) in [7, 11) is 0. The third-order valence-corrected chi connectivity index (χ3v) is 7.25. The monoisotopic (exact) mass is 599 g/mol. The van der Waals surface area contributed by atoms with Crippen LogP contribution in [0.25, 0.3) is 6.08 Å². The molecule has 0 bridgehead atoms. The van der Waals surface area contributed by atoms with E-state index >= 15 is 0 Å². The summed E-state index contributed by atoms with van der Waals surface area (Å²) in [4.78, 5) is 26.9. The highest BCUT2D eigenvalue weighted by atomic mass is 79.9. The minimum atomic E-state index is -0.479. The number of rotatable bonds is 6. The summed E-state index contributed by atoms with van der Waals surface area (Å²) in [5.41, 5.74) is 1.36. The number of halogens is 5. The molecule has 3 aromatic carbocycles. The molecule has 34 heavy (non-hydrogen) atoms. The average Bonchev–Trinajstić information content (AvgIpc) is 3.03. The van der Waals surface area contributed by atoms with E-state index in [4.69, 9.17) is 39.5 Å². The van der Waals surface area contributed by atoms with Crippen LogP contribution >= 0.6 is 62.5 Å². The van der Waals surface area contributed by atoms with E-state index < -0.39 is 17.0 Å². The number of nitrogens with zero attached hydrogens (tertiary/aromatic N) is 1. The van der Waals surface area contributed by atoms with Crippen molar-refractivity contribution in [2.24, 2.45) is 0 Å². The molecule has 4 nitrogen and oxygen atoms in total. The van der Waals surface area contributed by atoms with Crippen molar-refractivity contribution < 1.29 is 18.7 Å².